The zero-order chi connectivity index (χ0) is 21.5. The van der Waals surface area contributed by atoms with Crippen molar-refractivity contribution in [3.05, 3.63) is 76.3 Å². The quantitative estimate of drug-likeness (QED) is 0.313. The monoisotopic (exact) mass is 416 g/mol. The number of benzene rings is 2. The number of carbonyl (C=O) groups is 1. The second-order valence-electron chi connectivity index (χ2n) is 6.29. The molecule has 0 spiro atoms. The van der Waals surface area contributed by atoms with Gasteiger partial charge in [-0.25, -0.2) is 13.8 Å². The highest BCUT2D eigenvalue weighted by Gasteiger charge is 2.14. The van der Waals surface area contributed by atoms with Gasteiger partial charge in [-0.15, -0.1) is 0 Å². The number of oxazole rings is 1. The van der Waals surface area contributed by atoms with Gasteiger partial charge in [0, 0.05) is 38.1 Å². The van der Waals surface area contributed by atoms with E-state index in [0.29, 0.717) is 12.2 Å². The Labute approximate surface area is 170 Å². The van der Waals surface area contributed by atoms with Crippen molar-refractivity contribution >= 4 is 17.3 Å². The molecule has 3 rings (SSSR count). The number of nitrogens with one attached hydrogen (secondary N) is 2. The number of nitrogens with zero attached hydrogens (tertiary/aromatic N) is 2. The maximum Gasteiger partial charge on any atom is 0.292 e. The molecule has 1 amide bonds. The third-order valence-electron chi connectivity index (χ3n) is 4.18. The summed E-state index contributed by atoms with van der Waals surface area (Å²) in [5.74, 6) is -1.31. The number of hydrogen-bond acceptors (Lipinski definition) is 6. The van der Waals surface area contributed by atoms with Gasteiger partial charge >= 0.3 is 0 Å². The van der Waals surface area contributed by atoms with Gasteiger partial charge in [0.05, 0.1) is 16.7 Å². The van der Waals surface area contributed by atoms with Crippen LogP contribution in [0.4, 0.5) is 20.2 Å². The molecule has 30 heavy (non-hydrogen) atoms. The van der Waals surface area contributed by atoms with E-state index in [4.69, 9.17) is 4.42 Å². The molecule has 0 fully saturated rings. The first-order valence-electron chi connectivity index (χ1n) is 9.08. The number of carbonyl (C=O) groups excluding carboxylic acids is 1. The van der Waals surface area contributed by atoms with Crippen molar-refractivity contribution in [3.8, 4) is 11.3 Å². The van der Waals surface area contributed by atoms with Gasteiger partial charge in [0.2, 0.25) is 5.91 Å². The number of hydrogen-bond donors (Lipinski definition) is 2. The van der Waals surface area contributed by atoms with Crippen LogP contribution in [0.3, 0.4) is 0 Å². The van der Waals surface area contributed by atoms with Crippen molar-refractivity contribution in [1.82, 2.24) is 10.3 Å². The number of rotatable bonds is 9. The summed E-state index contributed by atoms with van der Waals surface area (Å²) in [6.07, 6.45) is 1.61. The molecule has 0 aliphatic rings. The lowest BCUT2D eigenvalue weighted by molar-refractivity contribution is -0.384. The molecular formula is C20H18F2N4O4. The predicted octanol–water partition coefficient (Wildman–Crippen LogP) is 3.69. The predicted molar refractivity (Wildman–Crippen MR) is 105 cm³/mol. The van der Waals surface area contributed by atoms with E-state index in [1.54, 1.807) is 18.2 Å². The Bertz CT molecular complexity index is 1050. The maximum absolute atomic E-state index is 13.8. The average Bonchev–Trinajstić information content (AvgIpc) is 3.18. The summed E-state index contributed by atoms with van der Waals surface area (Å²) in [4.78, 5) is 26.4. The van der Waals surface area contributed by atoms with Gasteiger partial charge in [0.15, 0.2) is 11.7 Å². The van der Waals surface area contributed by atoms with Crippen LogP contribution >= 0.6 is 0 Å². The molecule has 0 atom stereocenters. The zero-order valence-electron chi connectivity index (χ0n) is 15.7. The lowest BCUT2D eigenvalue weighted by Crippen LogP contribution is -2.29. The summed E-state index contributed by atoms with van der Waals surface area (Å²) in [5.41, 5.74) is 0.416. The molecule has 2 N–H and O–H groups in total. The SMILES string of the molecule is O=C(CCc1ncc(-c2ccc(F)cc2F)o1)NCCNc1ccccc1[N+](=O)[O-]. The largest absolute Gasteiger partial charge is 0.441 e. The Hall–Kier alpha value is -3.82. The topological polar surface area (TPSA) is 110 Å². The molecule has 3 aromatic rings. The molecule has 1 heterocycles. The highest BCUT2D eigenvalue weighted by atomic mass is 19.1. The maximum atomic E-state index is 13.8. The number of aromatic nitrogens is 1. The number of anilines is 1. The number of nitro benzene ring substituents is 1. The Kier molecular flexibility index (Phi) is 6.68. The summed E-state index contributed by atoms with van der Waals surface area (Å²) in [6, 6.07) is 9.36. The minimum atomic E-state index is -0.762. The van der Waals surface area contributed by atoms with Crippen LogP contribution in [0.25, 0.3) is 11.3 Å². The van der Waals surface area contributed by atoms with Gasteiger partial charge in [-0.2, -0.15) is 0 Å². The van der Waals surface area contributed by atoms with Gasteiger partial charge in [-0.1, -0.05) is 12.1 Å². The number of aryl methyl sites for hydroxylation is 1. The Balaban J connectivity index is 1.43. The van der Waals surface area contributed by atoms with Crippen molar-refractivity contribution in [3.63, 3.8) is 0 Å². The summed E-state index contributed by atoms with van der Waals surface area (Å²) in [7, 11) is 0. The minimum Gasteiger partial charge on any atom is -0.441 e. The molecule has 10 heteroatoms. The minimum absolute atomic E-state index is 0.0406. The zero-order valence-corrected chi connectivity index (χ0v) is 15.7. The van der Waals surface area contributed by atoms with Gasteiger partial charge < -0.3 is 15.1 Å². The lowest BCUT2D eigenvalue weighted by Gasteiger charge is -2.08. The van der Waals surface area contributed by atoms with Crippen molar-refractivity contribution in [2.75, 3.05) is 18.4 Å². The third kappa shape index (κ3) is 5.37. The van der Waals surface area contributed by atoms with Gasteiger partial charge in [-0.3, -0.25) is 14.9 Å². The van der Waals surface area contributed by atoms with Crippen molar-refractivity contribution in [2.24, 2.45) is 0 Å². The molecule has 8 nitrogen and oxygen atoms in total. The second kappa shape index (κ2) is 9.59. The fourth-order valence-electron chi connectivity index (χ4n) is 2.73. The van der Waals surface area contributed by atoms with Crippen LogP contribution in [0.15, 0.2) is 53.1 Å². The Morgan fingerprint density at radius 1 is 1.17 bits per heavy atom. The molecule has 2 aromatic carbocycles. The van der Waals surface area contributed by atoms with E-state index in [1.165, 1.54) is 18.3 Å². The molecule has 0 radical (unpaired) electrons. The highest BCUT2D eigenvalue weighted by molar-refractivity contribution is 5.76. The summed E-state index contributed by atoms with van der Waals surface area (Å²) in [6.45, 7) is 0.575. The average molecular weight is 416 g/mol. The van der Waals surface area contributed by atoms with E-state index in [1.807, 2.05) is 0 Å². The number of nitro groups is 1. The van der Waals surface area contributed by atoms with Crippen LogP contribution in [-0.2, 0) is 11.2 Å². The van der Waals surface area contributed by atoms with E-state index in [2.05, 4.69) is 15.6 Å². The first kappa shape index (κ1) is 20.9. The van der Waals surface area contributed by atoms with E-state index < -0.39 is 16.6 Å². The summed E-state index contributed by atoms with van der Waals surface area (Å²) in [5, 5.41) is 16.5. The van der Waals surface area contributed by atoms with Crippen LogP contribution in [0.5, 0.6) is 0 Å². The standard InChI is InChI=1S/C20H18F2N4O4/c21-13-5-6-14(15(22)11-13)18-12-25-20(30-18)8-7-19(27)24-10-9-23-16-3-1-2-4-17(16)26(28)29/h1-6,11-12,23H,7-10H2,(H,24,27). The van der Waals surface area contributed by atoms with Crippen molar-refractivity contribution in [2.45, 2.75) is 12.8 Å². The van der Waals surface area contributed by atoms with Crippen LogP contribution < -0.4 is 10.6 Å². The summed E-state index contributed by atoms with van der Waals surface area (Å²) >= 11 is 0. The smallest absolute Gasteiger partial charge is 0.292 e. The van der Waals surface area contributed by atoms with Crippen molar-refractivity contribution in [1.29, 1.82) is 0 Å². The molecule has 0 unspecified atom stereocenters. The summed E-state index contributed by atoms with van der Waals surface area (Å²) < 4.78 is 32.2. The first-order chi connectivity index (χ1) is 14.4. The molecule has 0 aliphatic carbocycles. The highest BCUT2D eigenvalue weighted by Crippen LogP contribution is 2.25. The van der Waals surface area contributed by atoms with E-state index in [-0.39, 0.29) is 48.2 Å². The fraction of sp³-hybridized carbons (Fsp3) is 0.200. The number of halogens is 2. The molecule has 0 bridgehead atoms. The molecule has 0 aliphatic heterocycles. The van der Waals surface area contributed by atoms with Crippen LogP contribution in [0, 0.1) is 21.7 Å². The van der Waals surface area contributed by atoms with Gasteiger partial charge in [0.25, 0.3) is 5.69 Å². The van der Waals surface area contributed by atoms with Crippen LogP contribution in [0.1, 0.15) is 12.3 Å². The fourth-order valence-corrected chi connectivity index (χ4v) is 2.73. The number of amides is 1. The Morgan fingerprint density at radius 2 is 1.97 bits per heavy atom. The molecule has 1 aromatic heterocycles. The van der Waals surface area contributed by atoms with E-state index in [0.717, 1.165) is 12.1 Å². The second-order valence-corrected chi connectivity index (χ2v) is 6.29. The molecule has 0 saturated heterocycles. The molecule has 0 saturated carbocycles. The van der Waals surface area contributed by atoms with E-state index >= 15 is 0 Å². The Morgan fingerprint density at radius 3 is 2.73 bits per heavy atom. The molecule has 156 valence electrons. The first-order valence-corrected chi connectivity index (χ1v) is 9.08. The third-order valence-corrected chi connectivity index (χ3v) is 4.18. The molecular weight excluding hydrogens is 398 g/mol. The number of para-hydroxylation sites is 2. The van der Waals surface area contributed by atoms with Crippen molar-refractivity contribution < 1.29 is 22.9 Å². The van der Waals surface area contributed by atoms with Gasteiger partial charge in [0.1, 0.15) is 17.3 Å². The lowest BCUT2D eigenvalue weighted by atomic mass is 10.2. The van der Waals surface area contributed by atoms with Gasteiger partial charge in [-0.05, 0) is 18.2 Å². The van der Waals surface area contributed by atoms with Crippen LogP contribution in [-0.4, -0.2) is 28.9 Å². The van der Waals surface area contributed by atoms with Crippen LogP contribution in [0.2, 0.25) is 0 Å². The van der Waals surface area contributed by atoms with E-state index in [9.17, 15) is 23.7 Å². The normalized spacial score (nSPS) is 10.6.